The fourth-order valence-electron chi connectivity index (χ4n) is 9.40. The molecular weight excluding hydrogens is 747 g/mol. The first-order valence-electron chi connectivity index (χ1n) is 21.3. The van der Waals surface area contributed by atoms with Crippen LogP contribution in [-0.4, -0.2) is 4.98 Å². The number of hydrogen-bond donors (Lipinski definition) is 0. The Kier molecular flexibility index (Phi) is 9.61. The zero-order valence-corrected chi connectivity index (χ0v) is 34.1. The molecule has 0 amide bonds. The first kappa shape index (κ1) is 36.9. The number of rotatable bonds is 8. The van der Waals surface area contributed by atoms with Crippen molar-refractivity contribution in [2.45, 2.75) is 0 Å². The number of aromatic nitrogens is 1. The second-order valence-electron chi connectivity index (χ2n) is 15.8. The number of hydrogen-bond acceptors (Lipinski definition) is 1. The third-order valence-corrected chi connectivity index (χ3v) is 12.2. The van der Waals surface area contributed by atoms with Crippen LogP contribution in [-0.2, 0) is 0 Å². The lowest BCUT2D eigenvalue weighted by molar-refractivity contribution is 1.33. The van der Waals surface area contributed by atoms with Crippen molar-refractivity contribution in [2.24, 2.45) is 0 Å². The topological polar surface area (TPSA) is 12.9 Å². The Morgan fingerprint density at radius 2 is 0.468 bits per heavy atom. The van der Waals surface area contributed by atoms with E-state index >= 15 is 0 Å². The summed E-state index contributed by atoms with van der Waals surface area (Å²) in [6, 6.07) is 86.2. The van der Waals surface area contributed by atoms with Crippen molar-refractivity contribution in [1.29, 1.82) is 0 Å². The lowest BCUT2D eigenvalue weighted by atomic mass is 9.78. The van der Waals surface area contributed by atoms with E-state index in [1.165, 1.54) is 105 Å². The van der Waals surface area contributed by atoms with Crippen LogP contribution in [0.25, 0.3) is 111 Å². The maximum absolute atomic E-state index is 4.22. The molecule has 0 fully saturated rings. The fraction of sp³-hybridized carbons (Fsp3) is 0. The highest BCUT2D eigenvalue weighted by Crippen LogP contribution is 2.51. The molecule has 0 saturated carbocycles. The van der Waals surface area contributed by atoms with Crippen molar-refractivity contribution < 1.29 is 0 Å². The van der Waals surface area contributed by atoms with Gasteiger partial charge < -0.3 is 0 Å². The molecule has 0 atom stereocenters. The van der Waals surface area contributed by atoms with Crippen LogP contribution in [0.15, 0.2) is 249 Å². The summed E-state index contributed by atoms with van der Waals surface area (Å²) in [6.07, 6.45) is 3.70. The summed E-state index contributed by atoms with van der Waals surface area (Å²) in [6.45, 7) is 0. The molecule has 0 aliphatic heterocycles. The normalized spacial score (nSPS) is 11.2. The van der Waals surface area contributed by atoms with Crippen molar-refractivity contribution in [1.82, 2.24) is 4.98 Å². The minimum atomic E-state index is 1.16. The van der Waals surface area contributed by atoms with Gasteiger partial charge in [0.15, 0.2) is 0 Å². The number of benzene rings is 10. The number of pyridine rings is 1. The second-order valence-corrected chi connectivity index (χ2v) is 15.8. The van der Waals surface area contributed by atoms with Crippen molar-refractivity contribution >= 4 is 21.5 Å². The molecule has 10 aromatic carbocycles. The maximum Gasteiger partial charge on any atom is 0.0273 e. The highest BCUT2D eigenvalue weighted by molar-refractivity contribution is 6.21. The van der Waals surface area contributed by atoms with E-state index in [0.29, 0.717) is 0 Å². The van der Waals surface area contributed by atoms with Gasteiger partial charge in [0.05, 0.1) is 0 Å². The third-order valence-electron chi connectivity index (χ3n) is 12.2. The van der Waals surface area contributed by atoms with Gasteiger partial charge in [0.25, 0.3) is 0 Å². The van der Waals surface area contributed by atoms with E-state index in [1.807, 2.05) is 12.4 Å². The third kappa shape index (κ3) is 6.67. The predicted octanol–water partition coefficient (Wildman–Crippen LogP) is 16.7. The van der Waals surface area contributed by atoms with E-state index in [4.69, 9.17) is 0 Å². The monoisotopic (exact) mass is 787 g/mol. The van der Waals surface area contributed by atoms with Crippen molar-refractivity contribution in [2.75, 3.05) is 0 Å². The van der Waals surface area contributed by atoms with Gasteiger partial charge in [-0.3, -0.25) is 4.98 Å². The first-order valence-corrected chi connectivity index (χ1v) is 21.3. The molecule has 11 aromatic rings. The Hall–Kier alpha value is -8.13. The average molecular weight is 788 g/mol. The number of fused-ring (bicyclic) bond motifs is 2. The maximum atomic E-state index is 4.22. The fourth-order valence-corrected chi connectivity index (χ4v) is 9.40. The lowest BCUT2D eigenvalue weighted by Gasteiger charge is -2.24. The van der Waals surface area contributed by atoms with Crippen LogP contribution in [0.1, 0.15) is 0 Å². The molecular formula is C61H41N. The zero-order valence-electron chi connectivity index (χ0n) is 34.1. The van der Waals surface area contributed by atoms with Gasteiger partial charge in [0.2, 0.25) is 0 Å². The minimum absolute atomic E-state index is 1.16. The molecule has 0 saturated heterocycles. The van der Waals surface area contributed by atoms with E-state index in [9.17, 15) is 0 Å². The van der Waals surface area contributed by atoms with Crippen molar-refractivity contribution in [3.8, 4) is 89.0 Å². The molecule has 1 aromatic heterocycles. The predicted molar refractivity (Wildman–Crippen MR) is 263 cm³/mol. The molecule has 1 heterocycles. The first-order chi connectivity index (χ1) is 30.8. The molecule has 290 valence electrons. The SMILES string of the molecule is c1ccc(-c2cc(-c3ccc(-c4c5ccccc5c(-c5ccc(-c6ccncc6)cc5)c5ccccc45)cc3)c(-c3ccccc3)c(-c3ccccc3)c2-c2ccccc2)cc1. The summed E-state index contributed by atoms with van der Waals surface area (Å²) in [7, 11) is 0. The quantitative estimate of drug-likeness (QED) is 0.140. The summed E-state index contributed by atoms with van der Waals surface area (Å²) < 4.78 is 0. The van der Waals surface area contributed by atoms with Gasteiger partial charge in [-0.25, -0.2) is 0 Å². The minimum Gasteiger partial charge on any atom is -0.265 e. The van der Waals surface area contributed by atoms with Crippen LogP contribution >= 0.6 is 0 Å². The van der Waals surface area contributed by atoms with Crippen LogP contribution in [0, 0.1) is 0 Å². The van der Waals surface area contributed by atoms with Crippen molar-refractivity contribution in [3.63, 3.8) is 0 Å². The van der Waals surface area contributed by atoms with Crippen LogP contribution in [0.3, 0.4) is 0 Å². The summed E-state index contributed by atoms with van der Waals surface area (Å²) in [4.78, 5) is 4.22. The Labute approximate surface area is 362 Å². The van der Waals surface area contributed by atoms with E-state index in [1.54, 1.807) is 0 Å². The molecule has 11 rings (SSSR count). The van der Waals surface area contributed by atoms with Gasteiger partial charge in [0.1, 0.15) is 0 Å². The van der Waals surface area contributed by atoms with E-state index in [0.717, 1.165) is 5.56 Å². The highest BCUT2D eigenvalue weighted by atomic mass is 14.6. The smallest absolute Gasteiger partial charge is 0.0273 e. The van der Waals surface area contributed by atoms with E-state index in [2.05, 4.69) is 242 Å². The molecule has 1 nitrogen and oxygen atoms in total. The van der Waals surface area contributed by atoms with Gasteiger partial charge in [-0.05, 0) is 129 Å². The van der Waals surface area contributed by atoms with Gasteiger partial charge in [-0.15, -0.1) is 0 Å². The molecule has 0 radical (unpaired) electrons. The van der Waals surface area contributed by atoms with E-state index in [-0.39, 0.29) is 0 Å². The Morgan fingerprint density at radius 1 is 0.194 bits per heavy atom. The van der Waals surface area contributed by atoms with Gasteiger partial charge in [-0.2, -0.15) is 0 Å². The Balaban J connectivity index is 1.13. The molecule has 0 spiro atoms. The zero-order chi connectivity index (χ0) is 41.2. The summed E-state index contributed by atoms with van der Waals surface area (Å²) >= 11 is 0. The number of nitrogens with zero attached hydrogens (tertiary/aromatic N) is 1. The van der Waals surface area contributed by atoms with E-state index < -0.39 is 0 Å². The Morgan fingerprint density at radius 3 is 0.871 bits per heavy atom. The summed E-state index contributed by atoms with van der Waals surface area (Å²) in [5.74, 6) is 0. The highest BCUT2D eigenvalue weighted by Gasteiger charge is 2.24. The molecule has 0 unspecified atom stereocenters. The van der Waals surface area contributed by atoms with Crippen LogP contribution in [0.4, 0.5) is 0 Å². The molecule has 1 heteroatoms. The molecule has 0 bridgehead atoms. The second kappa shape index (κ2) is 16.1. The summed E-state index contributed by atoms with van der Waals surface area (Å²) in [5.41, 5.74) is 19.2. The van der Waals surface area contributed by atoms with Gasteiger partial charge >= 0.3 is 0 Å². The standard InChI is InChI=1S/C61H41N/c1-5-17-44(18-6-1)55-41-56(60(47-21-9-3-10-22-47)61(48-23-11-4-12-24-48)59(55)46-19-7-2-8-20-46)45-31-35-50(36-32-45)58-53-27-15-13-25-51(53)57(52-26-14-16-28-54(52)58)49-33-29-42(30-34-49)43-37-39-62-40-38-43/h1-41H. The van der Waals surface area contributed by atoms with Gasteiger partial charge in [-0.1, -0.05) is 218 Å². The average Bonchev–Trinajstić information content (AvgIpc) is 3.36. The Bertz CT molecular complexity index is 3270. The van der Waals surface area contributed by atoms with Crippen molar-refractivity contribution in [3.05, 3.63) is 249 Å². The molecule has 62 heavy (non-hydrogen) atoms. The van der Waals surface area contributed by atoms with Crippen LogP contribution in [0.5, 0.6) is 0 Å². The summed E-state index contributed by atoms with van der Waals surface area (Å²) in [5, 5.41) is 4.96. The molecule has 0 N–H and O–H groups in total. The largest absolute Gasteiger partial charge is 0.265 e. The molecule has 0 aliphatic carbocycles. The lowest BCUT2D eigenvalue weighted by Crippen LogP contribution is -1.98. The van der Waals surface area contributed by atoms with Gasteiger partial charge in [0, 0.05) is 12.4 Å². The van der Waals surface area contributed by atoms with Crippen LogP contribution in [0.2, 0.25) is 0 Å². The molecule has 0 aliphatic rings. The van der Waals surface area contributed by atoms with Crippen LogP contribution < -0.4 is 0 Å².